The molecule has 0 radical (unpaired) electrons. The average Bonchev–Trinajstić information content (AvgIpc) is 2.70. The quantitative estimate of drug-likeness (QED) is 0.943. The van der Waals surface area contributed by atoms with Gasteiger partial charge in [-0.2, -0.15) is 5.10 Å². The summed E-state index contributed by atoms with van der Waals surface area (Å²) in [6.07, 6.45) is 1.28. The van der Waals surface area contributed by atoms with Gasteiger partial charge >= 0.3 is 5.97 Å². The van der Waals surface area contributed by atoms with E-state index >= 15 is 0 Å². The van der Waals surface area contributed by atoms with Gasteiger partial charge in [-0.1, -0.05) is 23.2 Å². The van der Waals surface area contributed by atoms with E-state index in [1.165, 1.54) is 10.9 Å². The Morgan fingerprint density at radius 1 is 1.47 bits per heavy atom. The number of benzene rings is 1. The highest BCUT2D eigenvalue weighted by Gasteiger charge is 2.16. The van der Waals surface area contributed by atoms with Gasteiger partial charge in [0.2, 0.25) is 0 Å². The van der Waals surface area contributed by atoms with Gasteiger partial charge in [0.1, 0.15) is 17.9 Å². The zero-order valence-electron chi connectivity index (χ0n) is 9.93. The molecule has 19 heavy (non-hydrogen) atoms. The summed E-state index contributed by atoms with van der Waals surface area (Å²) < 4.78 is 6.94. The minimum absolute atomic E-state index is 0.0550. The molecular formula is C12H10Cl2N2O3. The van der Waals surface area contributed by atoms with Crippen molar-refractivity contribution in [2.45, 2.75) is 6.61 Å². The number of hydrogen-bond donors (Lipinski definition) is 1. The molecule has 0 atom stereocenters. The number of aromatic nitrogens is 2. The Hall–Kier alpha value is -1.72. The summed E-state index contributed by atoms with van der Waals surface area (Å²) in [5.41, 5.74) is 0.561. The van der Waals surface area contributed by atoms with Crippen molar-refractivity contribution in [2.24, 2.45) is 7.05 Å². The summed E-state index contributed by atoms with van der Waals surface area (Å²) in [4.78, 5) is 11.0. The van der Waals surface area contributed by atoms with Crippen LogP contribution in [0.25, 0.3) is 0 Å². The molecule has 1 aromatic carbocycles. The number of hydrogen-bond acceptors (Lipinski definition) is 3. The van der Waals surface area contributed by atoms with Gasteiger partial charge in [0, 0.05) is 12.1 Å². The lowest BCUT2D eigenvalue weighted by Gasteiger charge is -2.09. The predicted octanol–water partition coefficient (Wildman–Crippen LogP) is 3.00. The van der Waals surface area contributed by atoms with Crippen molar-refractivity contribution in [3.05, 3.63) is 45.7 Å². The fourth-order valence-electron chi connectivity index (χ4n) is 1.55. The second-order valence-electron chi connectivity index (χ2n) is 3.80. The van der Waals surface area contributed by atoms with Crippen LogP contribution in [0.3, 0.4) is 0 Å². The molecule has 1 N–H and O–H groups in total. The molecule has 0 spiro atoms. The van der Waals surface area contributed by atoms with Crippen molar-refractivity contribution in [3.8, 4) is 5.75 Å². The molecule has 0 unspecified atom stereocenters. The Balaban J connectivity index is 2.19. The molecule has 1 aromatic heterocycles. The van der Waals surface area contributed by atoms with Crippen molar-refractivity contribution in [1.29, 1.82) is 0 Å². The van der Waals surface area contributed by atoms with Crippen LogP contribution < -0.4 is 4.74 Å². The van der Waals surface area contributed by atoms with E-state index in [2.05, 4.69) is 5.10 Å². The molecule has 2 aromatic rings. The number of carbonyl (C=O) groups is 1. The van der Waals surface area contributed by atoms with Crippen LogP contribution in [-0.4, -0.2) is 20.9 Å². The summed E-state index contributed by atoms with van der Waals surface area (Å²) in [5, 5.41) is 13.8. The Kier molecular flexibility index (Phi) is 3.97. The zero-order chi connectivity index (χ0) is 14.0. The van der Waals surface area contributed by atoms with Gasteiger partial charge in [-0.15, -0.1) is 0 Å². The number of ether oxygens (including phenoxy) is 1. The molecular weight excluding hydrogens is 291 g/mol. The second-order valence-corrected chi connectivity index (χ2v) is 4.64. The number of carboxylic acids is 1. The first-order chi connectivity index (χ1) is 8.99. The highest BCUT2D eigenvalue weighted by molar-refractivity contribution is 6.35. The standard InChI is InChI=1S/C12H10Cl2N2O3/c1-16-10(8(5-15-16)12(17)18)6-19-11-3-2-7(13)4-9(11)14/h2-5H,6H2,1H3,(H,17,18). The average molecular weight is 301 g/mol. The highest BCUT2D eigenvalue weighted by Crippen LogP contribution is 2.28. The lowest BCUT2D eigenvalue weighted by atomic mass is 10.2. The van der Waals surface area contributed by atoms with E-state index in [1.807, 2.05) is 0 Å². The van der Waals surface area contributed by atoms with Crippen LogP contribution in [0, 0.1) is 0 Å². The van der Waals surface area contributed by atoms with E-state index in [1.54, 1.807) is 25.2 Å². The van der Waals surface area contributed by atoms with Crippen LogP contribution in [0.1, 0.15) is 16.1 Å². The first-order valence-corrected chi connectivity index (χ1v) is 6.06. The van der Waals surface area contributed by atoms with E-state index in [0.29, 0.717) is 21.5 Å². The lowest BCUT2D eigenvalue weighted by molar-refractivity contribution is 0.0693. The largest absolute Gasteiger partial charge is 0.486 e. The number of rotatable bonds is 4. The topological polar surface area (TPSA) is 64.4 Å². The van der Waals surface area contributed by atoms with Gasteiger partial charge in [-0.05, 0) is 18.2 Å². The molecule has 0 aliphatic rings. The molecule has 2 rings (SSSR count). The minimum Gasteiger partial charge on any atom is -0.486 e. The molecule has 5 nitrogen and oxygen atoms in total. The van der Waals surface area contributed by atoms with Crippen molar-refractivity contribution in [3.63, 3.8) is 0 Å². The SMILES string of the molecule is Cn1ncc(C(=O)O)c1COc1ccc(Cl)cc1Cl. The first-order valence-electron chi connectivity index (χ1n) is 5.31. The minimum atomic E-state index is -1.05. The van der Waals surface area contributed by atoms with Gasteiger partial charge in [0.25, 0.3) is 0 Å². The third-order valence-corrected chi connectivity index (χ3v) is 3.08. The molecule has 7 heteroatoms. The van der Waals surface area contributed by atoms with E-state index in [0.717, 1.165) is 0 Å². The summed E-state index contributed by atoms with van der Waals surface area (Å²) in [6.45, 7) is 0.0550. The van der Waals surface area contributed by atoms with Crippen LogP contribution >= 0.6 is 23.2 Å². The fourth-order valence-corrected chi connectivity index (χ4v) is 2.01. The second kappa shape index (κ2) is 5.50. The van der Waals surface area contributed by atoms with Crippen molar-refractivity contribution in [1.82, 2.24) is 9.78 Å². The van der Waals surface area contributed by atoms with Gasteiger partial charge in [-0.3, -0.25) is 4.68 Å². The summed E-state index contributed by atoms with van der Waals surface area (Å²) >= 11 is 11.7. The Morgan fingerprint density at radius 2 is 2.21 bits per heavy atom. The lowest BCUT2D eigenvalue weighted by Crippen LogP contribution is -2.08. The molecule has 0 amide bonds. The molecule has 0 saturated carbocycles. The molecule has 0 saturated heterocycles. The zero-order valence-corrected chi connectivity index (χ0v) is 11.4. The summed E-state index contributed by atoms with van der Waals surface area (Å²) in [6, 6.07) is 4.82. The Labute approximate surface area is 119 Å². The number of aryl methyl sites for hydroxylation is 1. The number of halogens is 2. The van der Waals surface area contributed by atoms with Gasteiger partial charge in [-0.25, -0.2) is 4.79 Å². The summed E-state index contributed by atoms with van der Waals surface area (Å²) in [7, 11) is 1.65. The normalized spacial score (nSPS) is 10.5. The highest BCUT2D eigenvalue weighted by atomic mass is 35.5. The Bertz CT molecular complexity index is 625. The predicted molar refractivity (Wildman–Crippen MR) is 71.0 cm³/mol. The van der Waals surface area contributed by atoms with Crippen molar-refractivity contribution < 1.29 is 14.6 Å². The maximum absolute atomic E-state index is 11.0. The van der Waals surface area contributed by atoms with Gasteiger partial charge in [0.05, 0.1) is 16.9 Å². The molecule has 1 heterocycles. The van der Waals surface area contributed by atoms with Crippen LogP contribution in [0.15, 0.2) is 24.4 Å². The molecule has 0 aliphatic heterocycles. The van der Waals surface area contributed by atoms with Gasteiger partial charge < -0.3 is 9.84 Å². The van der Waals surface area contributed by atoms with E-state index in [-0.39, 0.29) is 12.2 Å². The Morgan fingerprint density at radius 3 is 2.84 bits per heavy atom. The van der Waals surface area contributed by atoms with Crippen molar-refractivity contribution in [2.75, 3.05) is 0 Å². The maximum Gasteiger partial charge on any atom is 0.339 e. The van der Waals surface area contributed by atoms with E-state index < -0.39 is 5.97 Å². The van der Waals surface area contributed by atoms with Gasteiger partial charge in [0.15, 0.2) is 0 Å². The van der Waals surface area contributed by atoms with Crippen LogP contribution in [0.2, 0.25) is 10.0 Å². The van der Waals surface area contributed by atoms with Crippen LogP contribution in [0.5, 0.6) is 5.75 Å². The maximum atomic E-state index is 11.0. The monoisotopic (exact) mass is 300 g/mol. The molecule has 0 bridgehead atoms. The third-order valence-electron chi connectivity index (χ3n) is 2.55. The number of carboxylic acid groups (broad SMARTS) is 1. The van der Waals surface area contributed by atoms with Crippen LogP contribution in [0.4, 0.5) is 0 Å². The third kappa shape index (κ3) is 3.00. The fraction of sp³-hybridized carbons (Fsp3) is 0.167. The van der Waals surface area contributed by atoms with E-state index in [4.69, 9.17) is 33.0 Å². The smallest absolute Gasteiger partial charge is 0.339 e. The molecule has 100 valence electrons. The van der Waals surface area contributed by atoms with Crippen molar-refractivity contribution >= 4 is 29.2 Å². The summed E-state index contributed by atoms with van der Waals surface area (Å²) in [5.74, 6) is -0.613. The number of aromatic carboxylic acids is 1. The molecule has 0 fully saturated rings. The van der Waals surface area contributed by atoms with E-state index in [9.17, 15) is 4.79 Å². The first kappa shape index (κ1) is 13.7. The number of nitrogens with zero attached hydrogens (tertiary/aromatic N) is 2. The molecule has 0 aliphatic carbocycles. The van der Waals surface area contributed by atoms with Crippen LogP contribution in [-0.2, 0) is 13.7 Å².